The third-order valence-electron chi connectivity index (χ3n) is 4.85. The van der Waals surface area contributed by atoms with E-state index in [-0.39, 0.29) is 17.9 Å². The fourth-order valence-electron chi connectivity index (χ4n) is 3.48. The van der Waals surface area contributed by atoms with Crippen molar-refractivity contribution in [1.82, 2.24) is 14.9 Å². The number of rotatable bonds is 2. The van der Waals surface area contributed by atoms with Gasteiger partial charge in [-0.05, 0) is 23.8 Å². The Kier molecular flexibility index (Phi) is 3.93. The van der Waals surface area contributed by atoms with Gasteiger partial charge in [0, 0.05) is 30.6 Å². The summed E-state index contributed by atoms with van der Waals surface area (Å²) in [7, 11) is 0. The van der Waals surface area contributed by atoms with E-state index in [0.717, 1.165) is 5.56 Å². The van der Waals surface area contributed by atoms with E-state index in [2.05, 4.69) is 9.97 Å². The minimum absolute atomic E-state index is 0.0942. The third-order valence-corrected chi connectivity index (χ3v) is 4.85. The monoisotopic (exact) mass is 350 g/mol. The Bertz CT molecular complexity index is 1090. The lowest BCUT2D eigenvalue weighted by Crippen LogP contribution is -2.32. The van der Waals surface area contributed by atoms with Crippen molar-refractivity contribution in [3.05, 3.63) is 80.4 Å². The number of hydrogen-bond donors (Lipinski definition) is 3. The summed E-state index contributed by atoms with van der Waals surface area (Å²) in [5.41, 5.74) is 7.27. The van der Waals surface area contributed by atoms with Crippen LogP contribution in [0.2, 0.25) is 0 Å². The number of likely N-dealkylation sites (tertiary alicyclic amines) is 1. The van der Waals surface area contributed by atoms with Crippen LogP contribution in [0.1, 0.15) is 21.8 Å². The van der Waals surface area contributed by atoms with Crippen LogP contribution in [-0.2, 0) is 0 Å². The number of nitrogens with two attached hydrogens (primary N) is 1. The number of nitrogens with zero attached hydrogens (tertiary/aromatic N) is 1. The van der Waals surface area contributed by atoms with Crippen LogP contribution in [0, 0.1) is 0 Å². The number of carbonyl (C=O) groups excluding carboxylic acids is 1. The third kappa shape index (κ3) is 2.82. The second kappa shape index (κ2) is 6.27. The number of aromatic amines is 2. The summed E-state index contributed by atoms with van der Waals surface area (Å²) >= 11 is 0. The highest BCUT2D eigenvalue weighted by molar-refractivity contribution is 5.97. The van der Waals surface area contributed by atoms with Gasteiger partial charge in [0.1, 0.15) is 0 Å². The molecule has 132 valence electrons. The number of nitrogens with one attached hydrogen (secondary N) is 2. The van der Waals surface area contributed by atoms with E-state index in [0.29, 0.717) is 29.7 Å². The standard InChI is InChI=1S/C19H18N4O3/c20-14-10-23(9-13(14)11-4-2-1-3-5-11)19(26)12-6-7-15-16(8-12)22-18(25)17(24)21-15/h1-8,13-14H,9-10,20H2,(H,21,24)(H,22,25)/t13-,14+/m1/s1. The Hall–Kier alpha value is -3.19. The second-order valence-electron chi connectivity index (χ2n) is 6.56. The summed E-state index contributed by atoms with van der Waals surface area (Å²) < 4.78 is 0. The summed E-state index contributed by atoms with van der Waals surface area (Å²) in [5.74, 6) is -0.0513. The van der Waals surface area contributed by atoms with E-state index >= 15 is 0 Å². The van der Waals surface area contributed by atoms with Crippen LogP contribution in [-0.4, -0.2) is 39.9 Å². The molecule has 4 rings (SSSR count). The molecule has 1 aromatic heterocycles. The van der Waals surface area contributed by atoms with Crippen molar-refractivity contribution >= 4 is 16.9 Å². The molecule has 1 aliphatic heterocycles. The van der Waals surface area contributed by atoms with Crippen LogP contribution in [0.5, 0.6) is 0 Å². The van der Waals surface area contributed by atoms with E-state index in [9.17, 15) is 14.4 Å². The minimum atomic E-state index is -0.741. The largest absolute Gasteiger partial charge is 0.336 e. The average Bonchev–Trinajstić information content (AvgIpc) is 3.04. The van der Waals surface area contributed by atoms with Gasteiger partial charge in [-0.25, -0.2) is 0 Å². The zero-order valence-electron chi connectivity index (χ0n) is 13.9. The first kappa shape index (κ1) is 16.3. The molecule has 1 saturated heterocycles. The number of aromatic nitrogens is 2. The first-order valence-electron chi connectivity index (χ1n) is 8.39. The lowest BCUT2D eigenvalue weighted by atomic mass is 9.95. The van der Waals surface area contributed by atoms with Gasteiger partial charge in [0.05, 0.1) is 11.0 Å². The smallest absolute Gasteiger partial charge is 0.314 e. The normalized spacial score (nSPS) is 19.8. The molecule has 0 aliphatic carbocycles. The Balaban J connectivity index is 1.62. The number of amides is 1. The van der Waals surface area contributed by atoms with Gasteiger partial charge in [-0.1, -0.05) is 30.3 Å². The quantitative estimate of drug-likeness (QED) is 0.593. The molecular formula is C19H18N4O3. The summed E-state index contributed by atoms with van der Waals surface area (Å²) in [6.45, 7) is 1.02. The molecular weight excluding hydrogens is 332 g/mol. The average molecular weight is 350 g/mol. The molecule has 3 aromatic rings. The van der Waals surface area contributed by atoms with E-state index in [4.69, 9.17) is 5.73 Å². The summed E-state index contributed by atoms with van der Waals surface area (Å²) in [6.07, 6.45) is 0. The predicted octanol–water partition coefficient (Wildman–Crippen LogP) is 0.783. The Labute approximate surface area is 148 Å². The van der Waals surface area contributed by atoms with Crippen molar-refractivity contribution < 1.29 is 4.79 Å². The van der Waals surface area contributed by atoms with E-state index in [1.54, 1.807) is 23.1 Å². The molecule has 26 heavy (non-hydrogen) atoms. The molecule has 0 radical (unpaired) electrons. The summed E-state index contributed by atoms with van der Waals surface area (Å²) in [6, 6.07) is 14.6. The molecule has 7 nitrogen and oxygen atoms in total. The first-order valence-corrected chi connectivity index (χ1v) is 8.39. The molecule has 2 aromatic carbocycles. The van der Waals surface area contributed by atoms with E-state index < -0.39 is 11.1 Å². The lowest BCUT2D eigenvalue weighted by molar-refractivity contribution is 0.0789. The number of H-pyrrole nitrogens is 2. The maximum absolute atomic E-state index is 12.9. The highest BCUT2D eigenvalue weighted by Gasteiger charge is 2.34. The zero-order valence-corrected chi connectivity index (χ0v) is 13.9. The van der Waals surface area contributed by atoms with Gasteiger partial charge in [-0.3, -0.25) is 14.4 Å². The van der Waals surface area contributed by atoms with Crippen LogP contribution in [0.4, 0.5) is 0 Å². The van der Waals surface area contributed by atoms with Gasteiger partial charge in [-0.2, -0.15) is 0 Å². The number of carbonyl (C=O) groups is 1. The van der Waals surface area contributed by atoms with Crippen LogP contribution in [0.25, 0.3) is 11.0 Å². The maximum atomic E-state index is 12.9. The molecule has 1 amide bonds. The summed E-state index contributed by atoms with van der Waals surface area (Å²) in [5, 5.41) is 0. The second-order valence-corrected chi connectivity index (χ2v) is 6.56. The molecule has 2 atom stereocenters. The molecule has 0 bridgehead atoms. The fourth-order valence-corrected chi connectivity index (χ4v) is 3.48. The van der Waals surface area contributed by atoms with Crippen LogP contribution in [0.3, 0.4) is 0 Å². The maximum Gasteiger partial charge on any atom is 0.314 e. The number of fused-ring (bicyclic) bond motifs is 1. The van der Waals surface area contributed by atoms with Gasteiger partial charge in [0.25, 0.3) is 5.91 Å². The fraction of sp³-hybridized carbons (Fsp3) is 0.211. The molecule has 2 heterocycles. The van der Waals surface area contributed by atoms with Gasteiger partial charge >= 0.3 is 11.1 Å². The minimum Gasteiger partial charge on any atom is -0.336 e. The van der Waals surface area contributed by atoms with Gasteiger partial charge < -0.3 is 20.6 Å². The molecule has 1 aliphatic rings. The van der Waals surface area contributed by atoms with Crippen molar-refractivity contribution in [1.29, 1.82) is 0 Å². The van der Waals surface area contributed by atoms with Crippen molar-refractivity contribution in [2.24, 2.45) is 5.73 Å². The predicted molar refractivity (Wildman–Crippen MR) is 98.3 cm³/mol. The topological polar surface area (TPSA) is 112 Å². The highest BCUT2D eigenvalue weighted by atomic mass is 16.2. The van der Waals surface area contributed by atoms with Crippen LogP contribution < -0.4 is 16.9 Å². The van der Waals surface area contributed by atoms with Crippen molar-refractivity contribution in [3.8, 4) is 0 Å². The Morgan fingerprint density at radius 1 is 0.962 bits per heavy atom. The summed E-state index contributed by atoms with van der Waals surface area (Å²) in [4.78, 5) is 42.5. The SMILES string of the molecule is N[C@H]1CN(C(=O)c2ccc3[nH]c(=O)c(=O)[nH]c3c2)C[C@@H]1c1ccccc1. The molecule has 0 unspecified atom stereocenters. The van der Waals surface area contributed by atoms with Gasteiger partial charge in [0.15, 0.2) is 0 Å². The van der Waals surface area contributed by atoms with Gasteiger partial charge in [-0.15, -0.1) is 0 Å². The molecule has 1 fully saturated rings. The molecule has 0 saturated carbocycles. The zero-order chi connectivity index (χ0) is 18.3. The molecule has 4 N–H and O–H groups in total. The van der Waals surface area contributed by atoms with Crippen LogP contribution >= 0.6 is 0 Å². The number of benzene rings is 2. The van der Waals surface area contributed by atoms with Crippen LogP contribution in [0.15, 0.2) is 58.1 Å². The number of hydrogen-bond acceptors (Lipinski definition) is 4. The Morgan fingerprint density at radius 2 is 1.65 bits per heavy atom. The highest BCUT2D eigenvalue weighted by Crippen LogP contribution is 2.27. The van der Waals surface area contributed by atoms with E-state index in [1.807, 2.05) is 30.3 Å². The Morgan fingerprint density at radius 3 is 2.38 bits per heavy atom. The van der Waals surface area contributed by atoms with Crippen molar-refractivity contribution in [2.75, 3.05) is 13.1 Å². The molecule has 7 heteroatoms. The molecule has 0 spiro atoms. The lowest BCUT2D eigenvalue weighted by Gasteiger charge is -2.17. The van der Waals surface area contributed by atoms with Crippen molar-refractivity contribution in [3.63, 3.8) is 0 Å². The first-order chi connectivity index (χ1) is 12.5. The van der Waals surface area contributed by atoms with Crippen molar-refractivity contribution in [2.45, 2.75) is 12.0 Å². The van der Waals surface area contributed by atoms with E-state index in [1.165, 1.54) is 0 Å². The van der Waals surface area contributed by atoms with Gasteiger partial charge in [0.2, 0.25) is 0 Å².